The van der Waals surface area contributed by atoms with Gasteiger partial charge in [0.05, 0.1) is 18.3 Å². The fourth-order valence-electron chi connectivity index (χ4n) is 3.76. The minimum Gasteiger partial charge on any atom is -0.497 e. The molecule has 0 saturated carbocycles. The SMILES string of the molecule is COc1ccc2c(c1)COc1ccc(OCc3ccc4ccc(Cl)cc4n3)cc1C2O. The third kappa shape index (κ3) is 3.90. The van der Waals surface area contributed by atoms with E-state index in [9.17, 15) is 5.11 Å². The van der Waals surface area contributed by atoms with Crippen LogP contribution < -0.4 is 14.2 Å². The number of hydrogen-bond acceptors (Lipinski definition) is 5. The Hall–Kier alpha value is -3.28. The van der Waals surface area contributed by atoms with E-state index in [-0.39, 0.29) is 0 Å². The van der Waals surface area contributed by atoms with E-state index in [2.05, 4.69) is 4.98 Å². The highest BCUT2D eigenvalue weighted by Gasteiger charge is 2.24. The van der Waals surface area contributed by atoms with E-state index in [0.717, 1.165) is 33.5 Å². The quantitative estimate of drug-likeness (QED) is 0.463. The van der Waals surface area contributed by atoms with Crippen molar-refractivity contribution < 1.29 is 19.3 Å². The van der Waals surface area contributed by atoms with E-state index in [1.54, 1.807) is 7.11 Å². The highest BCUT2D eigenvalue weighted by Crippen LogP contribution is 2.39. The summed E-state index contributed by atoms with van der Waals surface area (Å²) in [6.07, 6.45) is -0.817. The fourth-order valence-corrected chi connectivity index (χ4v) is 3.92. The van der Waals surface area contributed by atoms with Gasteiger partial charge in [0.1, 0.15) is 36.6 Å². The molecule has 1 unspecified atom stereocenters. The topological polar surface area (TPSA) is 60.8 Å². The van der Waals surface area contributed by atoms with Gasteiger partial charge >= 0.3 is 0 Å². The molecule has 2 heterocycles. The van der Waals surface area contributed by atoms with Crippen LogP contribution in [0.15, 0.2) is 66.7 Å². The number of aliphatic hydroxyl groups excluding tert-OH is 1. The second-order valence-corrected chi connectivity index (χ2v) is 7.82. The Balaban J connectivity index is 1.39. The number of methoxy groups -OCH3 is 1. The van der Waals surface area contributed by atoms with Crippen LogP contribution in [0.3, 0.4) is 0 Å². The zero-order chi connectivity index (χ0) is 21.4. The van der Waals surface area contributed by atoms with Crippen molar-refractivity contribution in [3.8, 4) is 17.2 Å². The van der Waals surface area contributed by atoms with Gasteiger partial charge in [-0.05, 0) is 59.7 Å². The standard InChI is InChI=1S/C25H20ClNO4/c1-29-19-6-8-21-16(10-19)13-31-24-9-7-20(12-22(24)25(21)28)30-14-18-5-3-15-2-4-17(26)11-23(15)27-18/h2-12,25,28H,13-14H2,1H3. The van der Waals surface area contributed by atoms with Crippen molar-refractivity contribution in [2.75, 3.05) is 7.11 Å². The van der Waals surface area contributed by atoms with E-state index in [4.69, 9.17) is 25.8 Å². The lowest BCUT2D eigenvalue weighted by molar-refractivity contribution is 0.217. The maximum absolute atomic E-state index is 11.0. The van der Waals surface area contributed by atoms with Crippen molar-refractivity contribution in [2.24, 2.45) is 0 Å². The number of aromatic nitrogens is 1. The molecule has 5 rings (SSSR count). The van der Waals surface area contributed by atoms with Gasteiger partial charge in [0.15, 0.2) is 0 Å². The first-order valence-electron chi connectivity index (χ1n) is 9.90. The van der Waals surface area contributed by atoms with Crippen molar-refractivity contribution in [2.45, 2.75) is 19.3 Å². The van der Waals surface area contributed by atoms with Crippen LogP contribution in [0.4, 0.5) is 0 Å². The van der Waals surface area contributed by atoms with Gasteiger partial charge in [-0.3, -0.25) is 0 Å². The highest BCUT2D eigenvalue weighted by molar-refractivity contribution is 6.31. The average Bonchev–Trinajstić information content (AvgIpc) is 2.93. The van der Waals surface area contributed by atoms with Gasteiger partial charge in [0.25, 0.3) is 0 Å². The first-order valence-corrected chi connectivity index (χ1v) is 10.3. The average molecular weight is 434 g/mol. The number of nitrogens with zero attached hydrogens (tertiary/aromatic N) is 1. The summed E-state index contributed by atoms with van der Waals surface area (Å²) in [6, 6.07) is 20.6. The zero-order valence-corrected chi connectivity index (χ0v) is 17.6. The number of rotatable bonds is 4. The molecule has 0 saturated heterocycles. The second kappa shape index (κ2) is 8.10. The summed E-state index contributed by atoms with van der Waals surface area (Å²) < 4.78 is 17.2. The van der Waals surface area contributed by atoms with Crippen molar-refractivity contribution in [3.63, 3.8) is 0 Å². The van der Waals surface area contributed by atoms with Crippen LogP contribution in [-0.2, 0) is 13.2 Å². The number of pyridine rings is 1. The van der Waals surface area contributed by atoms with Gasteiger partial charge in [0, 0.05) is 16.0 Å². The Morgan fingerprint density at radius 3 is 2.71 bits per heavy atom. The van der Waals surface area contributed by atoms with E-state index >= 15 is 0 Å². The first-order chi connectivity index (χ1) is 15.1. The van der Waals surface area contributed by atoms with Gasteiger partial charge in [-0.25, -0.2) is 4.98 Å². The Morgan fingerprint density at radius 2 is 1.84 bits per heavy atom. The minimum absolute atomic E-state index is 0.298. The molecule has 1 atom stereocenters. The summed E-state index contributed by atoms with van der Waals surface area (Å²) >= 11 is 6.08. The fraction of sp³-hybridized carbons (Fsp3) is 0.160. The molecular formula is C25H20ClNO4. The number of halogens is 1. The Bertz CT molecular complexity index is 1270. The molecule has 4 aromatic rings. The third-order valence-electron chi connectivity index (χ3n) is 5.40. The molecule has 0 amide bonds. The molecule has 1 aliphatic rings. The van der Waals surface area contributed by atoms with Gasteiger partial charge < -0.3 is 19.3 Å². The minimum atomic E-state index is -0.817. The van der Waals surface area contributed by atoms with Gasteiger partial charge in [-0.1, -0.05) is 29.8 Å². The molecule has 0 aliphatic carbocycles. The maximum Gasteiger partial charge on any atom is 0.130 e. The molecule has 0 spiro atoms. The summed E-state index contributed by atoms with van der Waals surface area (Å²) in [4.78, 5) is 4.62. The molecule has 0 fully saturated rings. The van der Waals surface area contributed by atoms with Gasteiger partial charge in [-0.2, -0.15) is 0 Å². The molecule has 31 heavy (non-hydrogen) atoms. The molecule has 0 bridgehead atoms. The van der Waals surface area contributed by atoms with Crippen LogP contribution >= 0.6 is 11.6 Å². The smallest absolute Gasteiger partial charge is 0.130 e. The lowest BCUT2D eigenvalue weighted by Gasteiger charge is -2.15. The number of fused-ring (bicyclic) bond motifs is 3. The summed E-state index contributed by atoms with van der Waals surface area (Å²) in [5, 5.41) is 12.7. The molecule has 5 nitrogen and oxygen atoms in total. The molecular weight excluding hydrogens is 414 g/mol. The molecule has 6 heteroatoms. The number of ether oxygens (including phenoxy) is 3. The number of benzene rings is 3. The van der Waals surface area contributed by atoms with E-state index in [0.29, 0.717) is 35.3 Å². The highest BCUT2D eigenvalue weighted by atomic mass is 35.5. The lowest BCUT2D eigenvalue weighted by atomic mass is 9.97. The second-order valence-electron chi connectivity index (χ2n) is 7.38. The van der Waals surface area contributed by atoms with Crippen molar-refractivity contribution in [1.29, 1.82) is 0 Å². The number of hydrogen-bond donors (Lipinski definition) is 1. The number of aliphatic hydroxyl groups is 1. The van der Waals surface area contributed by atoms with Crippen LogP contribution in [-0.4, -0.2) is 17.2 Å². The van der Waals surface area contributed by atoms with Crippen LogP contribution in [0.5, 0.6) is 17.2 Å². The predicted octanol–water partition coefficient (Wildman–Crippen LogP) is 5.45. The van der Waals surface area contributed by atoms with Crippen molar-refractivity contribution in [3.05, 3.63) is 94.1 Å². The monoisotopic (exact) mass is 433 g/mol. The summed E-state index contributed by atoms with van der Waals surface area (Å²) in [6.45, 7) is 0.659. The van der Waals surface area contributed by atoms with E-state index in [1.807, 2.05) is 66.7 Å². The summed E-state index contributed by atoms with van der Waals surface area (Å²) in [5.41, 5.74) is 3.97. The molecule has 156 valence electrons. The predicted molar refractivity (Wildman–Crippen MR) is 119 cm³/mol. The summed E-state index contributed by atoms with van der Waals surface area (Å²) in [5.74, 6) is 1.99. The van der Waals surface area contributed by atoms with Crippen LogP contribution in [0, 0.1) is 0 Å². The third-order valence-corrected chi connectivity index (χ3v) is 5.64. The maximum atomic E-state index is 11.0. The first kappa shape index (κ1) is 19.7. The van der Waals surface area contributed by atoms with Crippen molar-refractivity contribution >= 4 is 22.5 Å². The van der Waals surface area contributed by atoms with Crippen LogP contribution in [0.25, 0.3) is 10.9 Å². The Labute approximate surface area is 184 Å². The normalized spacial score (nSPS) is 14.9. The lowest BCUT2D eigenvalue weighted by Crippen LogP contribution is -2.03. The van der Waals surface area contributed by atoms with E-state index in [1.165, 1.54) is 0 Å². The molecule has 1 aromatic heterocycles. The zero-order valence-electron chi connectivity index (χ0n) is 16.8. The van der Waals surface area contributed by atoms with Gasteiger partial charge in [0.2, 0.25) is 0 Å². The Kier molecular flexibility index (Phi) is 5.14. The summed E-state index contributed by atoms with van der Waals surface area (Å²) in [7, 11) is 1.62. The van der Waals surface area contributed by atoms with Gasteiger partial charge in [-0.15, -0.1) is 0 Å². The van der Waals surface area contributed by atoms with Crippen LogP contribution in [0.1, 0.15) is 28.5 Å². The molecule has 1 aliphatic heterocycles. The largest absolute Gasteiger partial charge is 0.497 e. The molecule has 0 radical (unpaired) electrons. The molecule has 3 aromatic carbocycles. The van der Waals surface area contributed by atoms with Crippen molar-refractivity contribution in [1.82, 2.24) is 4.98 Å². The Morgan fingerprint density at radius 1 is 1.00 bits per heavy atom. The molecule has 1 N–H and O–H groups in total. The van der Waals surface area contributed by atoms with E-state index < -0.39 is 6.10 Å². The van der Waals surface area contributed by atoms with Crippen LogP contribution in [0.2, 0.25) is 5.02 Å².